The zero-order valence-electron chi connectivity index (χ0n) is 19.3. The van der Waals surface area contributed by atoms with Crippen LogP contribution in [0.5, 0.6) is 6.01 Å². The lowest BCUT2D eigenvalue weighted by atomic mass is 10.0. The summed E-state index contributed by atoms with van der Waals surface area (Å²) in [7, 11) is 0. The zero-order chi connectivity index (χ0) is 22.5. The molecule has 2 aliphatic rings. The van der Waals surface area contributed by atoms with Crippen molar-refractivity contribution in [2.45, 2.75) is 13.3 Å². The Labute approximate surface area is 195 Å². The molecule has 7 heteroatoms. The van der Waals surface area contributed by atoms with E-state index in [2.05, 4.69) is 59.2 Å². The lowest BCUT2D eigenvalue weighted by Gasteiger charge is -2.29. The van der Waals surface area contributed by atoms with Crippen LogP contribution in [0.4, 0.5) is 5.82 Å². The molecule has 2 aromatic carbocycles. The zero-order valence-corrected chi connectivity index (χ0v) is 19.3. The van der Waals surface area contributed by atoms with Crippen molar-refractivity contribution in [2.75, 3.05) is 70.7 Å². The van der Waals surface area contributed by atoms with Gasteiger partial charge < -0.3 is 19.1 Å². The molecule has 2 saturated heterocycles. The molecule has 0 atom stereocenters. The monoisotopic (exact) mass is 448 g/mol. The normalized spacial score (nSPS) is 17.8. The van der Waals surface area contributed by atoms with Crippen molar-refractivity contribution in [2.24, 2.45) is 0 Å². The summed E-state index contributed by atoms with van der Waals surface area (Å²) in [6.07, 6.45) is 1.07. The molecule has 0 aliphatic carbocycles. The van der Waals surface area contributed by atoms with E-state index in [4.69, 9.17) is 24.2 Å². The molecule has 0 bridgehead atoms. The van der Waals surface area contributed by atoms with Crippen LogP contribution in [0.2, 0.25) is 0 Å². The molecule has 2 fully saturated rings. The Bertz CT molecular complexity index is 1060. The lowest BCUT2D eigenvalue weighted by Crippen LogP contribution is -2.37. The molecule has 3 heterocycles. The van der Waals surface area contributed by atoms with Gasteiger partial charge in [-0.05, 0) is 36.6 Å². The van der Waals surface area contributed by atoms with Gasteiger partial charge in [-0.2, -0.15) is 9.97 Å². The first kappa shape index (κ1) is 22.1. The fraction of sp³-hybridized carbons (Fsp3) is 0.462. The van der Waals surface area contributed by atoms with Gasteiger partial charge in [-0.3, -0.25) is 4.90 Å². The number of morpholine rings is 1. The summed E-state index contributed by atoms with van der Waals surface area (Å²) in [6.45, 7) is 10.2. The van der Waals surface area contributed by atoms with Crippen LogP contribution in [0.15, 0.2) is 42.5 Å². The summed E-state index contributed by atoms with van der Waals surface area (Å²) in [4.78, 5) is 14.3. The number of aromatic nitrogens is 2. The highest BCUT2D eigenvalue weighted by Gasteiger charge is 2.19. The van der Waals surface area contributed by atoms with Gasteiger partial charge in [0.1, 0.15) is 12.4 Å². The SMILES string of the molecule is Cc1ccc(-c2ccc3nc(OCCN4CCCOCC4)nc(N4CCOCC4)c3c2)cc1. The molecule has 33 heavy (non-hydrogen) atoms. The van der Waals surface area contributed by atoms with Crippen LogP contribution in [0.25, 0.3) is 22.0 Å². The fourth-order valence-corrected chi connectivity index (χ4v) is 4.39. The molecular formula is C26H32N4O3. The quantitative estimate of drug-likeness (QED) is 0.572. The Morgan fingerprint density at radius 1 is 0.848 bits per heavy atom. The topological polar surface area (TPSA) is 60.0 Å². The number of nitrogens with zero attached hydrogens (tertiary/aromatic N) is 4. The smallest absolute Gasteiger partial charge is 0.318 e. The first-order chi connectivity index (χ1) is 16.3. The molecule has 0 amide bonds. The second-order valence-corrected chi connectivity index (χ2v) is 8.68. The van der Waals surface area contributed by atoms with E-state index in [0.717, 1.165) is 74.6 Å². The predicted octanol–water partition coefficient (Wildman–Crippen LogP) is 3.54. The standard InChI is InChI=1S/C26H32N4O3/c1-20-3-5-21(6-4-20)22-7-8-24-23(19-22)25(30-12-16-32-17-13-30)28-26(27-24)33-18-11-29-9-2-14-31-15-10-29/h3-8,19H,2,9-18H2,1H3. The van der Waals surface area contributed by atoms with Gasteiger partial charge in [0.25, 0.3) is 0 Å². The number of ether oxygens (including phenoxy) is 3. The number of rotatable bonds is 6. The van der Waals surface area contributed by atoms with E-state index < -0.39 is 0 Å². The first-order valence-electron chi connectivity index (χ1n) is 11.9. The van der Waals surface area contributed by atoms with E-state index in [1.54, 1.807) is 0 Å². The van der Waals surface area contributed by atoms with Crippen molar-refractivity contribution in [3.63, 3.8) is 0 Å². The summed E-state index contributed by atoms with van der Waals surface area (Å²) in [5, 5.41) is 1.05. The average Bonchev–Trinajstić information content (AvgIpc) is 3.13. The maximum absolute atomic E-state index is 6.05. The van der Waals surface area contributed by atoms with Crippen molar-refractivity contribution < 1.29 is 14.2 Å². The van der Waals surface area contributed by atoms with Gasteiger partial charge in [-0.25, -0.2) is 0 Å². The number of aryl methyl sites for hydroxylation is 1. The van der Waals surface area contributed by atoms with Crippen LogP contribution in [-0.4, -0.2) is 80.6 Å². The summed E-state index contributed by atoms with van der Waals surface area (Å²) in [6, 6.07) is 15.5. The number of hydrogen-bond acceptors (Lipinski definition) is 7. The lowest BCUT2D eigenvalue weighted by molar-refractivity contribution is 0.122. The second kappa shape index (κ2) is 10.5. The molecule has 0 radical (unpaired) electrons. The highest BCUT2D eigenvalue weighted by Crippen LogP contribution is 2.31. The van der Waals surface area contributed by atoms with Crippen LogP contribution < -0.4 is 9.64 Å². The molecule has 2 aliphatic heterocycles. The van der Waals surface area contributed by atoms with E-state index in [1.165, 1.54) is 11.1 Å². The van der Waals surface area contributed by atoms with Crippen molar-refractivity contribution in [1.82, 2.24) is 14.9 Å². The van der Waals surface area contributed by atoms with Crippen LogP contribution >= 0.6 is 0 Å². The van der Waals surface area contributed by atoms with Crippen LogP contribution in [0.1, 0.15) is 12.0 Å². The number of anilines is 1. The third kappa shape index (κ3) is 5.43. The Hall–Kier alpha value is -2.74. The highest BCUT2D eigenvalue weighted by molar-refractivity contribution is 5.93. The highest BCUT2D eigenvalue weighted by atomic mass is 16.5. The summed E-state index contributed by atoms with van der Waals surface area (Å²) in [5.74, 6) is 0.926. The van der Waals surface area contributed by atoms with E-state index in [9.17, 15) is 0 Å². The first-order valence-corrected chi connectivity index (χ1v) is 11.9. The summed E-state index contributed by atoms with van der Waals surface area (Å²) < 4.78 is 17.2. The van der Waals surface area contributed by atoms with Crippen molar-refractivity contribution in [3.05, 3.63) is 48.0 Å². The van der Waals surface area contributed by atoms with E-state index in [-0.39, 0.29) is 0 Å². The van der Waals surface area contributed by atoms with Crippen molar-refractivity contribution in [3.8, 4) is 17.1 Å². The van der Waals surface area contributed by atoms with E-state index in [1.807, 2.05) is 0 Å². The van der Waals surface area contributed by atoms with Gasteiger partial charge in [-0.1, -0.05) is 35.9 Å². The third-order valence-electron chi connectivity index (χ3n) is 6.30. The Balaban J connectivity index is 1.41. The summed E-state index contributed by atoms with van der Waals surface area (Å²) >= 11 is 0. The largest absolute Gasteiger partial charge is 0.462 e. The van der Waals surface area contributed by atoms with E-state index >= 15 is 0 Å². The Kier molecular flexibility index (Phi) is 7.00. The molecule has 1 aromatic heterocycles. The minimum absolute atomic E-state index is 0.443. The fourth-order valence-electron chi connectivity index (χ4n) is 4.39. The van der Waals surface area contributed by atoms with E-state index in [0.29, 0.717) is 25.8 Å². The second-order valence-electron chi connectivity index (χ2n) is 8.68. The van der Waals surface area contributed by atoms with Crippen LogP contribution in [0, 0.1) is 6.92 Å². The molecule has 174 valence electrons. The molecule has 5 rings (SSSR count). The molecule has 0 unspecified atom stereocenters. The molecule has 0 N–H and O–H groups in total. The van der Waals surface area contributed by atoms with Crippen LogP contribution in [-0.2, 0) is 9.47 Å². The number of hydrogen-bond donors (Lipinski definition) is 0. The Morgan fingerprint density at radius 3 is 2.45 bits per heavy atom. The minimum Gasteiger partial charge on any atom is -0.462 e. The summed E-state index contributed by atoms with van der Waals surface area (Å²) in [5.41, 5.74) is 4.52. The van der Waals surface area contributed by atoms with Crippen LogP contribution in [0.3, 0.4) is 0 Å². The van der Waals surface area contributed by atoms with Gasteiger partial charge in [-0.15, -0.1) is 0 Å². The molecule has 0 saturated carbocycles. The molecule has 3 aromatic rings. The molecule has 0 spiro atoms. The predicted molar refractivity (Wildman–Crippen MR) is 130 cm³/mol. The number of benzene rings is 2. The van der Waals surface area contributed by atoms with Gasteiger partial charge >= 0.3 is 6.01 Å². The maximum atomic E-state index is 6.05. The van der Waals surface area contributed by atoms with Crippen molar-refractivity contribution in [1.29, 1.82) is 0 Å². The maximum Gasteiger partial charge on any atom is 0.318 e. The molecule has 7 nitrogen and oxygen atoms in total. The average molecular weight is 449 g/mol. The third-order valence-corrected chi connectivity index (χ3v) is 6.30. The minimum atomic E-state index is 0.443. The number of fused-ring (bicyclic) bond motifs is 1. The van der Waals surface area contributed by atoms with Crippen molar-refractivity contribution >= 4 is 16.7 Å². The van der Waals surface area contributed by atoms with Gasteiger partial charge in [0.05, 0.1) is 25.3 Å². The molecular weight excluding hydrogens is 416 g/mol. The Morgan fingerprint density at radius 2 is 1.61 bits per heavy atom. The van der Waals surface area contributed by atoms with Gasteiger partial charge in [0.2, 0.25) is 0 Å². The van der Waals surface area contributed by atoms with Gasteiger partial charge in [0.15, 0.2) is 0 Å². The van der Waals surface area contributed by atoms with Gasteiger partial charge in [0, 0.05) is 44.7 Å².